The molecular weight excluding hydrogens is 646 g/mol. The molecule has 6 atom stereocenters. The van der Waals surface area contributed by atoms with Crippen LogP contribution in [0.1, 0.15) is 51.2 Å². The summed E-state index contributed by atoms with van der Waals surface area (Å²) in [5.41, 5.74) is 3.89. The van der Waals surface area contributed by atoms with Crippen LogP contribution in [0.4, 0.5) is 4.79 Å². The molecule has 0 spiro atoms. The maximum absolute atomic E-state index is 13.2. The van der Waals surface area contributed by atoms with Gasteiger partial charge in [-0.2, -0.15) is 0 Å². The number of hydrogen-bond donors (Lipinski definition) is 4. The minimum atomic E-state index is -1.76. The van der Waals surface area contributed by atoms with Crippen LogP contribution in [0.3, 0.4) is 0 Å². The van der Waals surface area contributed by atoms with Gasteiger partial charge in [0.2, 0.25) is 11.8 Å². The molecule has 3 amide bonds. The van der Waals surface area contributed by atoms with E-state index in [4.69, 9.17) is 23.7 Å². The van der Waals surface area contributed by atoms with E-state index in [9.17, 15) is 38.7 Å². The van der Waals surface area contributed by atoms with Gasteiger partial charge in [-0.1, -0.05) is 48.5 Å². The smallest absolute Gasteiger partial charge is 0.407 e. The molecule has 1 fully saturated rings. The van der Waals surface area contributed by atoms with E-state index >= 15 is 0 Å². The van der Waals surface area contributed by atoms with Crippen LogP contribution >= 0.6 is 0 Å². The van der Waals surface area contributed by atoms with Crippen LogP contribution in [0.15, 0.2) is 48.5 Å². The van der Waals surface area contributed by atoms with Crippen molar-refractivity contribution in [2.24, 2.45) is 0 Å². The first-order valence-electron chi connectivity index (χ1n) is 15.3. The van der Waals surface area contributed by atoms with Gasteiger partial charge in [0.05, 0.1) is 6.42 Å². The molecular formula is C33H37N3O13. The van der Waals surface area contributed by atoms with Crippen LogP contribution in [-0.2, 0) is 52.5 Å². The number of nitrogens with one attached hydrogen (secondary N) is 3. The van der Waals surface area contributed by atoms with E-state index in [0.29, 0.717) is 0 Å². The van der Waals surface area contributed by atoms with Gasteiger partial charge in [0, 0.05) is 33.6 Å². The number of aliphatic carboxylic acids is 1. The third-order valence-electron chi connectivity index (χ3n) is 7.74. The van der Waals surface area contributed by atoms with Crippen molar-refractivity contribution in [1.29, 1.82) is 0 Å². The van der Waals surface area contributed by atoms with Crippen molar-refractivity contribution in [2.45, 2.75) is 76.7 Å². The first kappa shape index (κ1) is 36.3. The van der Waals surface area contributed by atoms with Crippen LogP contribution in [0, 0.1) is 0 Å². The van der Waals surface area contributed by atoms with E-state index in [1.54, 1.807) is 0 Å². The van der Waals surface area contributed by atoms with Gasteiger partial charge in [-0.05, 0) is 22.3 Å². The molecule has 16 heteroatoms. The molecule has 1 saturated heterocycles. The van der Waals surface area contributed by atoms with Gasteiger partial charge in [0.25, 0.3) is 0 Å². The molecule has 1 aliphatic heterocycles. The van der Waals surface area contributed by atoms with E-state index in [2.05, 4.69) is 16.0 Å². The summed E-state index contributed by atoms with van der Waals surface area (Å²) in [6.45, 7) is 3.77. The average molecular weight is 684 g/mol. The summed E-state index contributed by atoms with van der Waals surface area (Å²) in [7, 11) is 0. The normalized spacial score (nSPS) is 21.5. The lowest BCUT2D eigenvalue weighted by Gasteiger charge is -2.45. The molecule has 0 radical (unpaired) electrons. The Bertz CT molecular complexity index is 1570. The lowest BCUT2D eigenvalue weighted by Crippen LogP contribution is -2.69. The Morgan fingerprint density at radius 2 is 1.33 bits per heavy atom. The molecule has 1 aliphatic carbocycles. The second-order valence-electron chi connectivity index (χ2n) is 11.4. The molecule has 4 rings (SSSR count). The number of esters is 3. The molecule has 0 bridgehead atoms. The summed E-state index contributed by atoms with van der Waals surface area (Å²) in [5, 5.41) is 16.9. The number of carbonyl (C=O) groups is 7. The lowest BCUT2D eigenvalue weighted by atomic mass is 9.95. The topological polar surface area (TPSA) is 222 Å². The molecule has 0 saturated carbocycles. The molecule has 262 valence electrons. The highest BCUT2D eigenvalue weighted by molar-refractivity contribution is 5.87. The average Bonchev–Trinajstić information content (AvgIpc) is 3.34. The molecule has 0 aromatic heterocycles. The van der Waals surface area contributed by atoms with Gasteiger partial charge in [-0.3, -0.25) is 24.0 Å². The van der Waals surface area contributed by atoms with Crippen molar-refractivity contribution in [2.75, 3.05) is 13.2 Å². The van der Waals surface area contributed by atoms with E-state index in [1.165, 1.54) is 0 Å². The summed E-state index contributed by atoms with van der Waals surface area (Å²) in [5.74, 6) is -5.83. The third kappa shape index (κ3) is 9.31. The van der Waals surface area contributed by atoms with Crippen LogP contribution in [0.2, 0.25) is 0 Å². The first-order valence-corrected chi connectivity index (χ1v) is 15.3. The molecule has 2 aliphatic rings. The summed E-state index contributed by atoms with van der Waals surface area (Å²) in [6.07, 6.45) is -7.55. The largest absolute Gasteiger partial charge is 0.480 e. The Hall–Kier alpha value is -5.51. The van der Waals surface area contributed by atoms with Crippen LogP contribution in [0.25, 0.3) is 11.1 Å². The van der Waals surface area contributed by atoms with Crippen LogP contribution < -0.4 is 16.0 Å². The predicted molar refractivity (Wildman–Crippen MR) is 166 cm³/mol. The summed E-state index contributed by atoms with van der Waals surface area (Å²) in [4.78, 5) is 85.8. The van der Waals surface area contributed by atoms with E-state index in [0.717, 1.165) is 49.9 Å². The van der Waals surface area contributed by atoms with Crippen molar-refractivity contribution in [3.63, 3.8) is 0 Å². The summed E-state index contributed by atoms with van der Waals surface area (Å²) < 4.78 is 27.0. The Morgan fingerprint density at radius 3 is 1.86 bits per heavy atom. The van der Waals surface area contributed by atoms with Gasteiger partial charge in [0.15, 0.2) is 18.4 Å². The summed E-state index contributed by atoms with van der Waals surface area (Å²) >= 11 is 0. The zero-order chi connectivity index (χ0) is 35.8. The van der Waals surface area contributed by atoms with Gasteiger partial charge in [0.1, 0.15) is 31.4 Å². The van der Waals surface area contributed by atoms with Crippen LogP contribution in [0.5, 0.6) is 0 Å². The molecule has 0 unspecified atom stereocenters. The Labute approximate surface area is 280 Å². The quantitative estimate of drug-likeness (QED) is 0.182. The van der Waals surface area contributed by atoms with Crippen molar-refractivity contribution in [1.82, 2.24) is 16.0 Å². The molecule has 4 N–H and O–H groups in total. The highest BCUT2D eigenvalue weighted by atomic mass is 16.6. The number of carboxylic acids is 1. The molecule has 1 heterocycles. The fraction of sp³-hybridized carbons (Fsp3) is 0.424. The molecule has 2 aromatic rings. The van der Waals surface area contributed by atoms with Gasteiger partial charge in [-0.25, -0.2) is 9.59 Å². The Kier molecular flexibility index (Phi) is 11.9. The monoisotopic (exact) mass is 683 g/mol. The zero-order valence-electron chi connectivity index (χ0n) is 27.1. The van der Waals surface area contributed by atoms with E-state index in [-0.39, 0.29) is 12.5 Å². The van der Waals surface area contributed by atoms with Gasteiger partial charge in [-0.15, -0.1) is 0 Å². The van der Waals surface area contributed by atoms with Gasteiger partial charge >= 0.3 is 30.0 Å². The maximum atomic E-state index is 13.2. The second kappa shape index (κ2) is 16.1. The molecule has 49 heavy (non-hydrogen) atoms. The number of alkyl carbamates (subject to hydrolysis) is 1. The fourth-order valence-electron chi connectivity index (χ4n) is 5.84. The zero-order valence-corrected chi connectivity index (χ0v) is 27.1. The highest BCUT2D eigenvalue weighted by Crippen LogP contribution is 2.44. The Morgan fingerprint density at radius 1 is 0.755 bits per heavy atom. The van der Waals surface area contributed by atoms with Crippen LogP contribution in [-0.4, -0.2) is 96.7 Å². The Balaban J connectivity index is 1.46. The number of rotatable bonds is 12. The number of carboxylic acid groups (broad SMARTS) is 1. The van der Waals surface area contributed by atoms with Crippen molar-refractivity contribution >= 4 is 41.8 Å². The number of carbonyl (C=O) groups excluding carboxylic acids is 6. The second-order valence-corrected chi connectivity index (χ2v) is 11.4. The molecule has 16 nitrogen and oxygen atoms in total. The number of benzene rings is 2. The summed E-state index contributed by atoms with van der Waals surface area (Å²) in [6, 6.07) is 12.2. The minimum absolute atomic E-state index is 0.0997. The van der Waals surface area contributed by atoms with Crippen molar-refractivity contribution < 1.29 is 62.4 Å². The van der Waals surface area contributed by atoms with E-state index < -0.39 is 91.4 Å². The third-order valence-corrected chi connectivity index (χ3v) is 7.74. The van der Waals surface area contributed by atoms with Crippen molar-refractivity contribution in [3.8, 4) is 11.1 Å². The standard InChI is InChI=1S/C33H37N3O13/c1-16(37)34-28-30(48-19(4)40)29(47-18(3)39)26(15-45-17(2)38)49-31(28)36-27(41)13-25(32(42)43)35-33(44)46-14-24-22-11-7-5-9-20(22)21-10-6-8-12-23(21)24/h5-12,24-26,28-31H,13-15H2,1-4H3,(H,34,37)(H,35,44)(H,36,41)(H,42,43)/t25-,26+,28+,29-,30+,31+/m0/s1. The van der Waals surface area contributed by atoms with Crippen molar-refractivity contribution in [3.05, 3.63) is 59.7 Å². The first-order chi connectivity index (χ1) is 23.2. The number of hydrogen-bond acceptors (Lipinski definition) is 12. The lowest BCUT2D eigenvalue weighted by molar-refractivity contribution is -0.228. The number of ether oxygens (including phenoxy) is 5. The maximum Gasteiger partial charge on any atom is 0.407 e. The predicted octanol–water partition coefficient (Wildman–Crippen LogP) is 1.14. The number of amides is 3. The van der Waals surface area contributed by atoms with Gasteiger partial charge < -0.3 is 44.7 Å². The highest BCUT2D eigenvalue weighted by Gasteiger charge is 2.51. The number of fused-ring (bicyclic) bond motifs is 3. The SMILES string of the molecule is CC(=O)N[C@@H]1[C@@H](OC(C)=O)[C@@H](OC(C)=O)[C@@H](COC(C)=O)O[C@H]1NC(=O)C[C@H](NC(=O)OCC1c2ccccc2-c2ccccc21)C(=O)O. The minimum Gasteiger partial charge on any atom is -0.480 e. The molecule has 2 aromatic carbocycles. The van der Waals surface area contributed by atoms with E-state index in [1.807, 2.05) is 48.5 Å². The fourth-order valence-corrected chi connectivity index (χ4v) is 5.84.